The number of carbonyl (C=O) groups excluding carboxylic acids is 5. The summed E-state index contributed by atoms with van der Waals surface area (Å²) in [6, 6.07) is 12.9. The first kappa shape index (κ1) is 28.5. The summed E-state index contributed by atoms with van der Waals surface area (Å²) in [6.07, 6.45) is 2.43. The number of benzene rings is 2. The summed E-state index contributed by atoms with van der Waals surface area (Å²) in [5.74, 6) is -1.96. The molecule has 1 saturated carbocycles. The van der Waals surface area contributed by atoms with Crippen LogP contribution in [-0.2, 0) is 9.59 Å². The van der Waals surface area contributed by atoms with Crippen molar-refractivity contribution in [1.29, 1.82) is 0 Å². The van der Waals surface area contributed by atoms with Gasteiger partial charge in [0.15, 0.2) is 0 Å². The molecule has 2 atom stereocenters. The molecule has 2 N–H and O–H groups in total. The lowest BCUT2D eigenvalue weighted by atomic mass is 9.67. The summed E-state index contributed by atoms with van der Waals surface area (Å²) in [4.78, 5) is 70.9. The number of hydrogen-bond acceptors (Lipinski definition) is 8. The Labute approximate surface area is 256 Å². The van der Waals surface area contributed by atoms with E-state index in [0.717, 1.165) is 68.4 Å². The molecule has 4 heterocycles. The highest BCUT2D eigenvalue weighted by Gasteiger charge is 2.45. The second-order valence-corrected chi connectivity index (χ2v) is 13.4. The molecule has 2 aromatic rings. The van der Waals surface area contributed by atoms with E-state index in [0.29, 0.717) is 22.7 Å². The van der Waals surface area contributed by atoms with Gasteiger partial charge in [-0.25, -0.2) is 0 Å². The molecule has 230 valence electrons. The molecule has 2 aromatic carbocycles. The zero-order valence-electron chi connectivity index (χ0n) is 25.2. The van der Waals surface area contributed by atoms with Gasteiger partial charge in [0.2, 0.25) is 11.8 Å². The zero-order valence-corrected chi connectivity index (χ0v) is 25.2. The van der Waals surface area contributed by atoms with E-state index in [1.54, 1.807) is 12.1 Å². The van der Waals surface area contributed by atoms with E-state index >= 15 is 0 Å². The highest BCUT2D eigenvalue weighted by atomic mass is 16.2. The number of imide groups is 2. The molecule has 0 radical (unpaired) electrons. The number of piperazine rings is 1. The van der Waals surface area contributed by atoms with Crippen LogP contribution >= 0.6 is 0 Å². The Bertz CT molecular complexity index is 1540. The Hall–Kier alpha value is -4.25. The van der Waals surface area contributed by atoms with E-state index in [4.69, 9.17) is 0 Å². The molecule has 3 saturated heterocycles. The Morgan fingerprint density at radius 3 is 2.16 bits per heavy atom. The van der Waals surface area contributed by atoms with Crippen LogP contribution in [0.5, 0.6) is 0 Å². The standard InChI is InChI=1S/C33H38N6O5/c1-33(2)12-11-27(33)34-29(41)20-3-5-21(6-4-20)36-13-15-37(16-14-36)23-18-38(19-23)22-7-8-24-25(17-22)32(44)39(31(24)43)26-9-10-28(40)35-30(26)42/h3-8,17,23,26-27H,9-16,18-19H2,1-2H3,(H,34,41)(H,35,40,42)/t26?,27-/m0/s1. The Morgan fingerprint density at radius 1 is 0.841 bits per heavy atom. The van der Waals surface area contributed by atoms with Crippen molar-refractivity contribution in [3.8, 4) is 0 Å². The van der Waals surface area contributed by atoms with Crippen molar-refractivity contribution in [2.24, 2.45) is 5.41 Å². The number of piperidine rings is 1. The molecular formula is C33H38N6O5. The molecule has 4 aliphatic heterocycles. The van der Waals surface area contributed by atoms with Gasteiger partial charge < -0.3 is 15.1 Å². The molecule has 0 bridgehead atoms. The summed E-state index contributed by atoms with van der Waals surface area (Å²) >= 11 is 0. The number of carbonyl (C=O) groups is 5. The molecule has 0 aromatic heterocycles. The second-order valence-electron chi connectivity index (χ2n) is 13.4. The van der Waals surface area contributed by atoms with Crippen molar-refractivity contribution in [3.05, 3.63) is 59.2 Å². The monoisotopic (exact) mass is 598 g/mol. The van der Waals surface area contributed by atoms with Crippen LogP contribution in [0.25, 0.3) is 0 Å². The third kappa shape index (κ3) is 4.92. The maximum absolute atomic E-state index is 13.2. The third-order valence-electron chi connectivity index (χ3n) is 10.3. The highest BCUT2D eigenvalue weighted by molar-refractivity contribution is 6.23. The van der Waals surface area contributed by atoms with E-state index in [-0.39, 0.29) is 36.1 Å². The average molecular weight is 599 g/mol. The maximum atomic E-state index is 13.2. The van der Waals surface area contributed by atoms with Crippen LogP contribution in [0, 0.1) is 5.41 Å². The van der Waals surface area contributed by atoms with Crippen molar-refractivity contribution >= 4 is 40.9 Å². The first-order chi connectivity index (χ1) is 21.1. The number of nitrogens with zero attached hydrogens (tertiary/aromatic N) is 4. The molecule has 1 aliphatic carbocycles. The van der Waals surface area contributed by atoms with Gasteiger partial charge in [-0.2, -0.15) is 0 Å². The molecule has 11 nitrogen and oxygen atoms in total. The lowest BCUT2D eigenvalue weighted by molar-refractivity contribution is -0.136. The first-order valence-corrected chi connectivity index (χ1v) is 15.6. The number of hydrogen-bond donors (Lipinski definition) is 2. The number of fused-ring (bicyclic) bond motifs is 1. The topological polar surface area (TPSA) is 122 Å². The minimum absolute atomic E-state index is 0.000316. The van der Waals surface area contributed by atoms with E-state index in [9.17, 15) is 24.0 Å². The summed E-state index contributed by atoms with van der Waals surface area (Å²) in [7, 11) is 0. The normalized spacial score (nSPS) is 25.4. The van der Waals surface area contributed by atoms with Gasteiger partial charge in [-0.05, 0) is 67.1 Å². The van der Waals surface area contributed by atoms with Crippen LogP contribution < -0.4 is 20.4 Å². The molecule has 11 heteroatoms. The zero-order chi connectivity index (χ0) is 30.7. The van der Waals surface area contributed by atoms with Gasteiger partial charge in [-0.3, -0.25) is 39.1 Å². The van der Waals surface area contributed by atoms with Gasteiger partial charge >= 0.3 is 0 Å². The molecule has 4 fully saturated rings. The van der Waals surface area contributed by atoms with Gasteiger partial charge in [0.05, 0.1) is 11.1 Å². The molecule has 1 unspecified atom stereocenters. The molecule has 0 spiro atoms. The largest absolute Gasteiger partial charge is 0.369 e. The lowest BCUT2D eigenvalue weighted by Gasteiger charge is -2.49. The van der Waals surface area contributed by atoms with Gasteiger partial charge in [-0.15, -0.1) is 0 Å². The van der Waals surface area contributed by atoms with Gasteiger partial charge in [0, 0.05) is 74.7 Å². The van der Waals surface area contributed by atoms with E-state index in [1.807, 2.05) is 30.3 Å². The van der Waals surface area contributed by atoms with E-state index in [1.165, 1.54) is 0 Å². The molecule has 7 rings (SSSR count). The fourth-order valence-corrected chi connectivity index (χ4v) is 7.10. The van der Waals surface area contributed by atoms with Crippen LogP contribution in [0.3, 0.4) is 0 Å². The predicted octanol–water partition coefficient (Wildman–Crippen LogP) is 2.02. The van der Waals surface area contributed by atoms with E-state index in [2.05, 4.69) is 39.2 Å². The lowest BCUT2D eigenvalue weighted by Crippen LogP contribution is -2.63. The van der Waals surface area contributed by atoms with Crippen molar-refractivity contribution in [3.63, 3.8) is 0 Å². The van der Waals surface area contributed by atoms with Crippen molar-refractivity contribution < 1.29 is 24.0 Å². The Kier molecular flexibility index (Phi) is 6.95. The van der Waals surface area contributed by atoms with Crippen LogP contribution in [0.15, 0.2) is 42.5 Å². The average Bonchev–Trinajstić information content (AvgIpc) is 3.24. The van der Waals surface area contributed by atoms with Crippen molar-refractivity contribution in [1.82, 2.24) is 20.4 Å². The van der Waals surface area contributed by atoms with Crippen molar-refractivity contribution in [2.75, 3.05) is 49.1 Å². The molecule has 5 aliphatic rings. The van der Waals surface area contributed by atoms with Crippen LogP contribution in [-0.4, -0.2) is 96.7 Å². The summed E-state index contributed by atoms with van der Waals surface area (Å²) in [6.45, 7) is 9.76. The van der Waals surface area contributed by atoms with Crippen LogP contribution in [0.2, 0.25) is 0 Å². The van der Waals surface area contributed by atoms with Gasteiger partial charge in [0.25, 0.3) is 17.7 Å². The van der Waals surface area contributed by atoms with Crippen molar-refractivity contribution in [2.45, 2.75) is 57.7 Å². The minimum atomic E-state index is -0.961. The number of rotatable bonds is 6. The quantitative estimate of drug-likeness (QED) is 0.485. The summed E-state index contributed by atoms with van der Waals surface area (Å²) in [5.41, 5.74) is 3.50. The van der Waals surface area contributed by atoms with E-state index < -0.39 is 23.8 Å². The third-order valence-corrected chi connectivity index (χ3v) is 10.3. The number of nitrogens with one attached hydrogen (secondary N) is 2. The predicted molar refractivity (Wildman–Crippen MR) is 164 cm³/mol. The number of anilines is 2. The Balaban J connectivity index is 0.910. The fraction of sp³-hybridized carbons (Fsp3) is 0.485. The first-order valence-electron chi connectivity index (χ1n) is 15.6. The summed E-state index contributed by atoms with van der Waals surface area (Å²) in [5, 5.41) is 5.41. The smallest absolute Gasteiger partial charge is 0.262 e. The van der Waals surface area contributed by atoms with Crippen LogP contribution in [0.1, 0.15) is 70.6 Å². The van der Waals surface area contributed by atoms with Gasteiger partial charge in [0.1, 0.15) is 6.04 Å². The van der Waals surface area contributed by atoms with Crippen LogP contribution in [0.4, 0.5) is 11.4 Å². The summed E-state index contributed by atoms with van der Waals surface area (Å²) < 4.78 is 0. The second kappa shape index (κ2) is 10.7. The Morgan fingerprint density at radius 2 is 1.52 bits per heavy atom. The highest BCUT2D eigenvalue weighted by Crippen LogP contribution is 2.40. The number of amides is 5. The molecule has 44 heavy (non-hydrogen) atoms. The maximum Gasteiger partial charge on any atom is 0.262 e. The fourth-order valence-electron chi connectivity index (χ4n) is 7.10. The molecule has 5 amide bonds. The molecular weight excluding hydrogens is 560 g/mol. The minimum Gasteiger partial charge on any atom is -0.369 e. The van der Waals surface area contributed by atoms with Gasteiger partial charge in [-0.1, -0.05) is 13.8 Å². The SMILES string of the molecule is CC1(C)CC[C@@H]1NC(=O)c1ccc(N2CCN(C3CN(c4ccc5c(c4)C(=O)N(C4CCC(=O)NC4=O)C5=O)C3)CC2)cc1.